The number of aromatic hydroxyl groups is 1. The Morgan fingerprint density at radius 3 is 2.53 bits per heavy atom. The van der Waals surface area contributed by atoms with E-state index in [0.717, 1.165) is 0 Å². The van der Waals surface area contributed by atoms with Crippen LogP contribution in [0.1, 0.15) is 0 Å². The van der Waals surface area contributed by atoms with Crippen molar-refractivity contribution in [3.05, 3.63) is 47.7 Å². The second-order valence-corrected chi connectivity index (χ2v) is 3.22. The van der Waals surface area contributed by atoms with Crippen molar-refractivity contribution in [2.75, 3.05) is 0 Å². The Hall–Kier alpha value is -1.74. The molecule has 0 radical (unpaired) electrons. The van der Waals surface area contributed by atoms with Gasteiger partial charge in [0.1, 0.15) is 0 Å². The second kappa shape index (κ2) is 4.19. The summed E-state index contributed by atoms with van der Waals surface area (Å²) in [4.78, 5) is 3.86. The molecule has 0 saturated carbocycles. The predicted molar refractivity (Wildman–Crippen MR) is 57.4 cm³/mol. The van der Waals surface area contributed by atoms with E-state index in [2.05, 4.69) is 4.98 Å². The zero-order valence-electron chi connectivity index (χ0n) is 7.72. The molecule has 0 aliphatic heterocycles. The van der Waals surface area contributed by atoms with Gasteiger partial charge in [-0.3, -0.25) is 0 Å². The molecule has 2 rings (SSSR count). The third-order valence-corrected chi connectivity index (χ3v) is 2.09. The molecule has 1 aromatic heterocycles. The Morgan fingerprint density at radius 2 is 1.80 bits per heavy atom. The quantitative estimate of drug-likeness (QED) is 0.792. The normalized spacial score (nSPS) is 9.93. The first kappa shape index (κ1) is 9.80. The van der Waals surface area contributed by atoms with Crippen LogP contribution in [0.3, 0.4) is 0 Å². The van der Waals surface area contributed by atoms with Gasteiger partial charge < -0.3 is 9.84 Å². The summed E-state index contributed by atoms with van der Waals surface area (Å²) >= 11 is 5.81. The maximum atomic E-state index is 9.47. The van der Waals surface area contributed by atoms with Crippen LogP contribution in [0.15, 0.2) is 42.6 Å². The Kier molecular flexibility index (Phi) is 2.74. The Morgan fingerprint density at radius 1 is 1.07 bits per heavy atom. The summed E-state index contributed by atoms with van der Waals surface area (Å²) in [5, 5.41) is 9.74. The Bertz CT molecular complexity index is 430. The highest BCUT2D eigenvalue weighted by Gasteiger charge is 2.05. The van der Waals surface area contributed by atoms with E-state index in [-0.39, 0.29) is 10.9 Å². The van der Waals surface area contributed by atoms with E-state index in [9.17, 15) is 5.11 Å². The lowest BCUT2D eigenvalue weighted by molar-refractivity contribution is 0.410. The number of para-hydroxylation sites is 2. The monoisotopic (exact) mass is 221 g/mol. The van der Waals surface area contributed by atoms with Gasteiger partial charge in [0, 0.05) is 6.20 Å². The van der Waals surface area contributed by atoms with E-state index in [1.165, 1.54) is 0 Å². The topological polar surface area (TPSA) is 42.4 Å². The van der Waals surface area contributed by atoms with Gasteiger partial charge in [0.25, 0.3) is 0 Å². The van der Waals surface area contributed by atoms with E-state index < -0.39 is 0 Å². The fraction of sp³-hybridized carbons (Fsp3) is 0. The molecule has 0 aliphatic rings. The van der Waals surface area contributed by atoms with Crippen LogP contribution in [0.2, 0.25) is 5.15 Å². The molecule has 4 heteroatoms. The summed E-state index contributed by atoms with van der Waals surface area (Å²) in [7, 11) is 0. The third kappa shape index (κ3) is 2.19. The van der Waals surface area contributed by atoms with E-state index >= 15 is 0 Å². The minimum absolute atomic E-state index is 0.0671. The van der Waals surface area contributed by atoms with Crippen LogP contribution in [0.5, 0.6) is 17.2 Å². The van der Waals surface area contributed by atoms with Crippen LogP contribution in [0.4, 0.5) is 0 Å². The SMILES string of the molecule is Oc1ccccc1Oc1cccnc1Cl. The maximum Gasteiger partial charge on any atom is 0.171 e. The van der Waals surface area contributed by atoms with Crippen LogP contribution in [-0.4, -0.2) is 10.1 Å². The smallest absolute Gasteiger partial charge is 0.171 e. The number of ether oxygens (including phenoxy) is 1. The van der Waals surface area contributed by atoms with Crippen molar-refractivity contribution in [2.24, 2.45) is 0 Å². The average Bonchev–Trinajstić information content (AvgIpc) is 2.24. The van der Waals surface area contributed by atoms with Crippen LogP contribution >= 0.6 is 11.6 Å². The first-order valence-electron chi connectivity index (χ1n) is 4.34. The van der Waals surface area contributed by atoms with Gasteiger partial charge >= 0.3 is 0 Å². The molecule has 1 heterocycles. The summed E-state index contributed by atoms with van der Waals surface area (Å²) in [6.07, 6.45) is 1.57. The summed E-state index contributed by atoms with van der Waals surface area (Å²) < 4.78 is 5.40. The zero-order chi connectivity index (χ0) is 10.7. The van der Waals surface area contributed by atoms with Crippen molar-refractivity contribution in [1.29, 1.82) is 0 Å². The van der Waals surface area contributed by atoms with Gasteiger partial charge in [-0.05, 0) is 24.3 Å². The van der Waals surface area contributed by atoms with Gasteiger partial charge in [0.2, 0.25) is 0 Å². The molecule has 0 amide bonds. The Labute approximate surface area is 91.9 Å². The summed E-state index contributed by atoms with van der Waals surface area (Å²) in [5.74, 6) is 0.838. The molecule has 0 saturated heterocycles. The highest BCUT2D eigenvalue weighted by Crippen LogP contribution is 2.32. The van der Waals surface area contributed by atoms with Crippen molar-refractivity contribution in [2.45, 2.75) is 0 Å². The first-order valence-corrected chi connectivity index (χ1v) is 4.71. The molecule has 2 aromatic rings. The standard InChI is InChI=1S/C11H8ClNO2/c12-11-10(6-3-7-13-11)15-9-5-2-1-4-8(9)14/h1-7,14H. The third-order valence-electron chi connectivity index (χ3n) is 1.81. The van der Waals surface area contributed by atoms with Crippen LogP contribution in [-0.2, 0) is 0 Å². The summed E-state index contributed by atoms with van der Waals surface area (Å²) in [6, 6.07) is 10.1. The molecular weight excluding hydrogens is 214 g/mol. The van der Waals surface area contributed by atoms with Crippen LogP contribution in [0.25, 0.3) is 0 Å². The molecule has 0 bridgehead atoms. The average molecular weight is 222 g/mol. The minimum Gasteiger partial charge on any atom is -0.504 e. The van der Waals surface area contributed by atoms with Crippen molar-refractivity contribution < 1.29 is 9.84 Å². The number of phenols is 1. The van der Waals surface area contributed by atoms with Gasteiger partial charge in [-0.15, -0.1) is 0 Å². The molecule has 0 spiro atoms. The minimum atomic E-state index is 0.0671. The molecular formula is C11H8ClNO2. The fourth-order valence-corrected chi connectivity index (χ4v) is 1.27. The summed E-state index contributed by atoms with van der Waals surface area (Å²) in [5.41, 5.74) is 0. The lowest BCUT2D eigenvalue weighted by Crippen LogP contribution is -1.86. The van der Waals surface area contributed by atoms with Crippen LogP contribution < -0.4 is 4.74 Å². The number of hydrogen-bond acceptors (Lipinski definition) is 3. The highest BCUT2D eigenvalue weighted by atomic mass is 35.5. The second-order valence-electron chi connectivity index (χ2n) is 2.86. The van der Waals surface area contributed by atoms with Gasteiger partial charge in [0.15, 0.2) is 22.4 Å². The number of nitrogens with zero attached hydrogens (tertiary/aromatic N) is 1. The van der Waals surface area contributed by atoms with Gasteiger partial charge in [-0.1, -0.05) is 23.7 Å². The zero-order valence-corrected chi connectivity index (χ0v) is 8.48. The number of hydrogen-bond donors (Lipinski definition) is 1. The molecule has 0 aliphatic carbocycles. The number of rotatable bonds is 2. The number of phenolic OH excluding ortho intramolecular Hbond substituents is 1. The van der Waals surface area contributed by atoms with E-state index in [1.807, 2.05) is 0 Å². The van der Waals surface area contributed by atoms with E-state index in [0.29, 0.717) is 11.5 Å². The number of halogens is 1. The molecule has 3 nitrogen and oxygen atoms in total. The Balaban J connectivity index is 2.30. The number of aromatic nitrogens is 1. The van der Waals surface area contributed by atoms with Gasteiger partial charge in [-0.2, -0.15) is 0 Å². The molecule has 1 aromatic carbocycles. The van der Waals surface area contributed by atoms with Crippen molar-refractivity contribution in [1.82, 2.24) is 4.98 Å². The van der Waals surface area contributed by atoms with Gasteiger partial charge in [0.05, 0.1) is 0 Å². The van der Waals surface area contributed by atoms with Crippen molar-refractivity contribution in [3.63, 3.8) is 0 Å². The molecule has 0 atom stereocenters. The van der Waals surface area contributed by atoms with E-state index in [1.54, 1.807) is 42.6 Å². The number of benzene rings is 1. The lowest BCUT2D eigenvalue weighted by atomic mass is 10.3. The lowest BCUT2D eigenvalue weighted by Gasteiger charge is -2.07. The van der Waals surface area contributed by atoms with Crippen molar-refractivity contribution in [3.8, 4) is 17.2 Å². The fourth-order valence-electron chi connectivity index (χ4n) is 1.11. The van der Waals surface area contributed by atoms with Gasteiger partial charge in [-0.25, -0.2) is 4.98 Å². The number of pyridine rings is 1. The molecule has 0 fully saturated rings. The van der Waals surface area contributed by atoms with E-state index in [4.69, 9.17) is 16.3 Å². The molecule has 15 heavy (non-hydrogen) atoms. The molecule has 1 N–H and O–H groups in total. The largest absolute Gasteiger partial charge is 0.504 e. The van der Waals surface area contributed by atoms with Crippen LogP contribution in [0, 0.1) is 0 Å². The molecule has 76 valence electrons. The summed E-state index contributed by atoms with van der Waals surface area (Å²) in [6.45, 7) is 0. The highest BCUT2D eigenvalue weighted by molar-refractivity contribution is 6.30. The predicted octanol–water partition coefficient (Wildman–Crippen LogP) is 3.23. The first-order chi connectivity index (χ1) is 7.27. The maximum absolute atomic E-state index is 9.47. The van der Waals surface area contributed by atoms with Crippen molar-refractivity contribution >= 4 is 11.6 Å². The molecule has 0 unspecified atom stereocenters.